The van der Waals surface area contributed by atoms with Crippen molar-refractivity contribution in [3.05, 3.63) is 63.4 Å². The van der Waals surface area contributed by atoms with Crippen LogP contribution < -0.4 is 26.5 Å². The van der Waals surface area contributed by atoms with Gasteiger partial charge in [0.05, 0.1) is 29.2 Å². The molecule has 0 saturated heterocycles. The maximum absolute atomic E-state index is 13.7. The molecule has 2 aliphatic rings. The van der Waals surface area contributed by atoms with Gasteiger partial charge in [-0.15, -0.1) is 0 Å². The summed E-state index contributed by atoms with van der Waals surface area (Å²) in [5.74, 6) is -2.02. The molecule has 2 atom stereocenters. The number of hydrogen-bond donors (Lipinski definition) is 4. The van der Waals surface area contributed by atoms with Crippen LogP contribution in [0.3, 0.4) is 0 Å². The first kappa shape index (κ1) is 17.9. The molecule has 0 bridgehead atoms. The summed E-state index contributed by atoms with van der Waals surface area (Å²) in [4.78, 5) is 24.9. The normalized spacial score (nSPS) is 21.0. The van der Waals surface area contributed by atoms with Gasteiger partial charge in [-0.25, -0.2) is 13.6 Å². The number of H-pyrrole nitrogens is 1. The van der Waals surface area contributed by atoms with Crippen LogP contribution in [0, 0.1) is 11.6 Å². The van der Waals surface area contributed by atoms with E-state index in [0.29, 0.717) is 12.1 Å². The Hall–Kier alpha value is -3.49. The van der Waals surface area contributed by atoms with Crippen molar-refractivity contribution in [3.63, 3.8) is 0 Å². The number of carbonyl (C=O) groups is 2. The minimum Gasteiger partial charge on any atom is -0.346 e. The summed E-state index contributed by atoms with van der Waals surface area (Å²) >= 11 is 0. The molecule has 4 rings (SSSR count). The molecule has 7 nitrogen and oxygen atoms in total. The van der Waals surface area contributed by atoms with Gasteiger partial charge in [0.15, 0.2) is 0 Å². The first-order valence-electron chi connectivity index (χ1n) is 8.67. The number of carbonyl (C=O) groups excluding carboxylic acids is 2. The highest BCUT2D eigenvalue weighted by molar-refractivity contribution is 5.99. The first-order valence-corrected chi connectivity index (χ1v) is 8.67. The van der Waals surface area contributed by atoms with Crippen LogP contribution in [0.25, 0.3) is 12.2 Å². The summed E-state index contributed by atoms with van der Waals surface area (Å²) in [6.45, 7) is 1.57. The Morgan fingerprint density at radius 2 is 2.00 bits per heavy atom. The number of hydrogen-bond acceptors (Lipinski definition) is 3. The van der Waals surface area contributed by atoms with E-state index in [1.165, 1.54) is 0 Å². The van der Waals surface area contributed by atoms with Crippen molar-refractivity contribution in [2.24, 2.45) is 0 Å². The lowest BCUT2D eigenvalue weighted by Gasteiger charge is -2.29. The van der Waals surface area contributed by atoms with E-state index in [9.17, 15) is 18.4 Å². The molecule has 3 amide bonds. The predicted octanol–water partition coefficient (Wildman–Crippen LogP) is 0.466. The summed E-state index contributed by atoms with van der Waals surface area (Å²) in [6.07, 6.45) is 6.02. The zero-order chi connectivity index (χ0) is 19.8. The van der Waals surface area contributed by atoms with E-state index in [-0.39, 0.29) is 17.2 Å². The highest BCUT2D eigenvalue weighted by atomic mass is 19.1. The van der Waals surface area contributed by atoms with Crippen LogP contribution in [0.2, 0.25) is 0 Å². The number of nitrogens with zero attached hydrogens (tertiary/aromatic N) is 1. The maximum atomic E-state index is 13.7. The van der Waals surface area contributed by atoms with Gasteiger partial charge in [0.25, 0.3) is 5.91 Å². The van der Waals surface area contributed by atoms with E-state index in [2.05, 4.69) is 26.1 Å². The van der Waals surface area contributed by atoms with Crippen molar-refractivity contribution >= 4 is 24.1 Å². The molecule has 2 heterocycles. The second-order valence-corrected chi connectivity index (χ2v) is 6.70. The van der Waals surface area contributed by atoms with Crippen molar-refractivity contribution in [2.45, 2.75) is 25.4 Å². The van der Waals surface area contributed by atoms with Gasteiger partial charge < -0.3 is 16.0 Å². The standard InChI is InChI=1S/C19H17F2N5O2/c1-9-16(18(27)24-14-2-3-15-11(6-14)8-22-26-15)17(25-19(28)23-9)10-4-12(20)7-13(21)5-10/h3-8,14,17,26H,2H2,1H3,(H,24,27)(H2,23,25,28). The molecule has 0 fully saturated rings. The molecule has 28 heavy (non-hydrogen) atoms. The molecule has 4 N–H and O–H groups in total. The molecule has 2 aromatic rings. The molecule has 2 unspecified atom stereocenters. The Morgan fingerprint density at radius 1 is 1.25 bits per heavy atom. The van der Waals surface area contributed by atoms with Gasteiger partial charge in [0.2, 0.25) is 0 Å². The molecule has 1 aromatic carbocycles. The molecule has 1 aliphatic carbocycles. The smallest absolute Gasteiger partial charge is 0.319 e. The molecule has 9 heteroatoms. The van der Waals surface area contributed by atoms with E-state index >= 15 is 0 Å². The van der Waals surface area contributed by atoms with Crippen molar-refractivity contribution in [3.8, 4) is 0 Å². The Kier molecular flexibility index (Phi) is 4.42. The number of aromatic nitrogens is 2. The number of benzene rings is 1. The number of halogens is 2. The van der Waals surface area contributed by atoms with Crippen LogP contribution in [0.15, 0.2) is 35.7 Å². The van der Waals surface area contributed by atoms with Gasteiger partial charge in [0.1, 0.15) is 11.6 Å². The van der Waals surface area contributed by atoms with Crippen molar-refractivity contribution < 1.29 is 18.4 Å². The number of urea groups is 1. The van der Waals surface area contributed by atoms with Crippen molar-refractivity contribution in [2.75, 3.05) is 0 Å². The van der Waals surface area contributed by atoms with E-state index in [4.69, 9.17) is 0 Å². The Bertz CT molecular complexity index is 1100. The van der Waals surface area contributed by atoms with Crippen LogP contribution in [0.1, 0.15) is 24.9 Å². The van der Waals surface area contributed by atoms with E-state index in [1.807, 2.05) is 12.2 Å². The number of nitrogens with one attached hydrogen (secondary N) is 4. The van der Waals surface area contributed by atoms with Crippen LogP contribution in [-0.4, -0.2) is 28.2 Å². The van der Waals surface area contributed by atoms with E-state index in [1.54, 1.807) is 13.1 Å². The largest absolute Gasteiger partial charge is 0.346 e. The summed E-state index contributed by atoms with van der Waals surface area (Å²) in [7, 11) is 0. The number of amides is 3. The zero-order valence-corrected chi connectivity index (χ0v) is 14.8. The quantitative estimate of drug-likeness (QED) is 0.618. The van der Waals surface area contributed by atoms with E-state index in [0.717, 1.165) is 28.8 Å². The monoisotopic (exact) mass is 385 g/mol. The lowest BCUT2D eigenvalue weighted by Crippen LogP contribution is -2.48. The fourth-order valence-electron chi connectivity index (χ4n) is 3.46. The number of fused-ring (bicyclic) bond motifs is 1. The van der Waals surface area contributed by atoms with Gasteiger partial charge >= 0.3 is 6.03 Å². The minimum absolute atomic E-state index is 0.146. The predicted molar refractivity (Wildman–Crippen MR) is 96.8 cm³/mol. The van der Waals surface area contributed by atoms with Crippen LogP contribution in [0.4, 0.5) is 13.6 Å². The lowest BCUT2D eigenvalue weighted by molar-refractivity contribution is -0.118. The zero-order valence-electron chi connectivity index (χ0n) is 14.8. The Morgan fingerprint density at radius 3 is 2.75 bits per heavy atom. The molecule has 0 saturated carbocycles. The lowest BCUT2D eigenvalue weighted by atomic mass is 9.94. The van der Waals surface area contributed by atoms with Gasteiger partial charge in [-0.2, -0.15) is 5.10 Å². The summed E-state index contributed by atoms with van der Waals surface area (Å²) in [5, 5.41) is 16.6. The second-order valence-electron chi connectivity index (χ2n) is 6.70. The summed E-state index contributed by atoms with van der Waals surface area (Å²) in [6, 6.07) is 1.12. The molecular formula is C19H17F2N5O2. The molecular weight excluding hydrogens is 368 g/mol. The van der Waals surface area contributed by atoms with E-state index < -0.39 is 29.6 Å². The van der Waals surface area contributed by atoms with Gasteiger partial charge in [-0.3, -0.25) is 9.89 Å². The van der Waals surface area contributed by atoms with Gasteiger partial charge in [-0.1, -0.05) is 12.2 Å². The average molecular weight is 385 g/mol. The third kappa shape index (κ3) is 3.38. The van der Waals surface area contributed by atoms with Crippen LogP contribution in [-0.2, 0) is 4.79 Å². The average Bonchev–Trinajstić information content (AvgIpc) is 3.07. The minimum atomic E-state index is -0.976. The number of aromatic amines is 1. The van der Waals surface area contributed by atoms with Gasteiger partial charge in [-0.05, 0) is 31.0 Å². The Labute approximate surface area is 158 Å². The van der Waals surface area contributed by atoms with Crippen molar-refractivity contribution in [1.29, 1.82) is 0 Å². The molecule has 0 spiro atoms. The fraction of sp³-hybridized carbons (Fsp3) is 0.211. The summed E-state index contributed by atoms with van der Waals surface area (Å²) in [5.41, 5.74) is 0.656. The second kappa shape index (κ2) is 6.91. The number of rotatable bonds is 3. The molecule has 0 radical (unpaired) electrons. The highest BCUT2D eigenvalue weighted by Crippen LogP contribution is 2.28. The van der Waals surface area contributed by atoms with Crippen LogP contribution in [0.5, 0.6) is 0 Å². The topological polar surface area (TPSA) is 98.9 Å². The third-order valence-corrected chi connectivity index (χ3v) is 4.70. The maximum Gasteiger partial charge on any atom is 0.319 e. The fourth-order valence-corrected chi connectivity index (χ4v) is 3.46. The van der Waals surface area contributed by atoms with Crippen LogP contribution >= 0.6 is 0 Å². The SMILES string of the molecule is CC1=C(C(=O)NC2C=c3cn[nH]c3=CC2)C(c2cc(F)cc(F)c2)NC(=O)N1. The molecule has 1 aliphatic heterocycles. The summed E-state index contributed by atoms with van der Waals surface area (Å²) < 4.78 is 27.4. The molecule has 144 valence electrons. The first-order chi connectivity index (χ1) is 13.4. The third-order valence-electron chi connectivity index (χ3n) is 4.70. The molecule has 1 aromatic heterocycles. The number of allylic oxidation sites excluding steroid dienone is 1. The Balaban J connectivity index is 1.65. The van der Waals surface area contributed by atoms with Crippen molar-refractivity contribution in [1.82, 2.24) is 26.1 Å². The van der Waals surface area contributed by atoms with Gasteiger partial charge in [0, 0.05) is 17.0 Å². The highest BCUT2D eigenvalue weighted by Gasteiger charge is 2.32.